The molecular weight excluding hydrogens is 368 g/mol. The fourth-order valence-corrected chi connectivity index (χ4v) is 4.72. The summed E-state index contributed by atoms with van der Waals surface area (Å²) in [5.74, 6) is -0.538. The SMILES string of the molecule is CCN(CC(=O)N[C@@H]1CCS(=O)(=O)C1)C(=O)c1ccc(-n2cccn2)cc1. The van der Waals surface area contributed by atoms with Gasteiger partial charge >= 0.3 is 0 Å². The number of hydrogen-bond acceptors (Lipinski definition) is 5. The normalized spacial score (nSPS) is 18.2. The van der Waals surface area contributed by atoms with Gasteiger partial charge in [0, 0.05) is 30.5 Å². The van der Waals surface area contributed by atoms with Gasteiger partial charge in [-0.25, -0.2) is 13.1 Å². The Morgan fingerprint density at radius 3 is 2.59 bits per heavy atom. The lowest BCUT2D eigenvalue weighted by atomic mass is 10.1. The monoisotopic (exact) mass is 390 g/mol. The molecule has 27 heavy (non-hydrogen) atoms. The highest BCUT2D eigenvalue weighted by Crippen LogP contribution is 2.13. The number of nitrogens with zero attached hydrogens (tertiary/aromatic N) is 3. The van der Waals surface area contributed by atoms with Crippen molar-refractivity contribution in [3.8, 4) is 5.69 Å². The summed E-state index contributed by atoms with van der Waals surface area (Å²) in [4.78, 5) is 26.3. The van der Waals surface area contributed by atoms with Gasteiger partial charge in [0.25, 0.3) is 5.91 Å². The molecule has 2 amide bonds. The molecule has 1 atom stereocenters. The van der Waals surface area contributed by atoms with Gasteiger partial charge in [0.2, 0.25) is 5.91 Å². The van der Waals surface area contributed by atoms with E-state index < -0.39 is 9.84 Å². The summed E-state index contributed by atoms with van der Waals surface area (Å²) in [6, 6.07) is 8.42. The molecule has 2 heterocycles. The summed E-state index contributed by atoms with van der Waals surface area (Å²) in [6.07, 6.45) is 3.90. The molecule has 2 aromatic rings. The molecule has 0 unspecified atom stereocenters. The highest BCUT2D eigenvalue weighted by atomic mass is 32.2. The quantitative estimate of drug-likeness (QED) is 0.780. The first-order valence-corrected chi connectivity index (χ1v) is 10.6. The van der Waals surface area contributed by atoms with Crippen LogP contribution in [0.15, 0.2) is 42.7 Å². The average molecular weight is 390 g/mol. The van der Waals surface area contributed by atoms with Crippen LogP contribution >= 0.6 is 0 Å². The molecular formula is C18H22N4O4S. The second kappa shape index (κ2) is 7.91. The van der Waals surface area contributed by atoms with Crippen molar-refractivity contribution in [2.24, 2.45) is 0 Å². The number of sulfone groups is 1. The second-order valence-electron chi connectivity index (χ2n) is 6.48. The van der Waals surface area contributed by atoms with Gasteiger partial charge in [0.15, 0.2) is 9.84 Å². The maximum Gasteiger partial charge on any atom is 0.254 e. The Bertz CT molecular complexity index is 907. The molecule has 0 radical (unpaired) electrons. The third-order valence-corrected chi connectivity index (χ3v) is 6.25. The van der Waals surface area contributed by atoms with Crippen molar-refractivity contribution in [2.75, 3.05) is 24.6 Å². The number of likely N-dealkylation sites (N-methyl/N-ethyl adjacent to an activating group) is 1. The van der Waals surface area contributed by atoms with Crippen molar-refractivity contribution in [2.45, 2.75) is 19.4 Å². The van der Waals surface area contributed by atoms with Crippen LogP contribution in [0.4, 0.5) is 0 Å². The van der Waals surface area contributed by atoms with E-state index >= 15 is 0 Å². The summed E-state index contributed by atoms with van der Waals surface area (Å²) < 4.78 is 24.7. The third-order valence-electron chi connectivity index (χ3n) is 4.48. The molecule has 1 aliphatic heterocycles. The van der Waals surface area contributed by atoms with Gasteiger partial charge in [-0.1, -0.05) is 0 Å². The summed E-state index contributed by atoms with van der Waals surface area (Å²) >= 11 is 0. The Labute approximate surface area is 158 Å². The van der Waals surface area contributed by atoms with Crippen LogP contribution < -0.4 is 5.32 Å². The molecule has 3 rings (SSSR count). The molecule has 1 aliphatic rings. The molecule has 1 N–H and O–H groups in total. The van der Waals surface area contributed by atoms with Crippen LogP contribution in [0.5, 0.6) is 0 Å². The van der Waals surface area contributed by atoms with Crippen molar-refractivity contribution in [1.29, 1.82) is 0 Å². The van der Waals surface area contributed by atoms with E-state index in [-0.39, 0.29) is 35.9 Å². The molecule has 1 saturated heterocycles. The minimum atomic E-state index is -3.06. The zero-order valence-corrected chi connectivity index (χ0v) is 15.9. The van der Waals surface area contributed by atoms with E-state index in [0.29, 0.717) is 18.5 Å². The number of amides is 2. The molecule has 0 spiro atoms. The summed E-state index contributed by atoms with van der Waals surface area (Å²) in [5, 5.41) is 6.85. The van der Waals surface area contributed by atoms with E-state index in [1.807, 2.05) is 12.3 Å². The van der Waals surface area contributed by atoms with Crippen LogP contribution in [0.2, 0.25) is 0 Å². The van der Waals surface area contributed by atoms with E-state index in [4.69, 9.17) is 0 Å². The third kappa shape index (κ3) is 4.73. The Morgan fingerprint density at radius 2 is 2.04 bits per heavy atom. The van der Waals surface area contributed by atoms with Crippen molar-refractivity contribution < 1.29 is 18.0 Å². The summed E-state index contributed by atoms with van der Waals surface area (Å²) in [6.45, 7) is 2.06. The van der Waals surface area contributed by atoms with Crippen molar-refractivity contribution in [3.63, 3.8) is 0 Å². The van der Waals surface area contributed by atoms with Gasteiger partial charge in [-0.2, -0.15) is 5.10 Å². The minimum Gasteiger partial charge on any atom is -0.351 e. The maximum atomic E-state index is 12.7. The number of carbonyl (C=O) groups excluding carboxylic acids is 2. The first kappa shape index (κ1) is 19.1. The number of carbonyl (C=O) groups is 2. The smallest absolute Gasteiger partial charge is 0.254 e. The van der Waals surface area contributed by atoms with Gasteiger partial charge in [-0.3, -0.25) is 9.59 Å². The van der Waals surface area contributed by atoms with Crippen LogP contribution in [-0.4, -0.2) is 65.5 Å². The lowest BCUT2D eigenvalue weighted by Crippen LogP contribution is -2.44. The number of nitrogens with one attached hydrogen (secondary N) is 1. The van der Waals surface area contributed by atoms with E-state index in [0.717, 1.165) is 5.69 Å². The van der Waals surface area contributed by atoms with E-state index in [9.17, 15) is 18.0 Å². The molecule has 1 fully saturated rings. The zero-order chi connectivity index (χ0) is 19.4. The van der Waals surface area contributed by atoms with Crippen LogP contribution in [0, 0.1) is 0 Å². The topological polar surface area (TPSA) is 101 Å². The van der Waals surface area contributed by atoms with Gasteiger partial charge in [0.1, 0.15) is 0 Å². The zero-order valence-electron chi connectivity index (χ0n) is 15.0. The Kier molecular flexibility index (Phi) is 5.59. The second-order valence-corrected chi connectivity index (χ2v) is 8.71. The van der Waals surface area contributed by atoms with E-state index in [1.54, 1.807) is 42.1 Å². The number of rotatable bonds is 6. The predicted molar refractivity (Wildman–Crippen MR) is 100 cm³/mol. The standard InChI is InChI=1S/C18H22N4O4S/c1-2-21(12-17(23)20-15-8-11-27(25,26)13-15)18(24)14-4-6-16(7-5-14)22-10-3-9-19-22/h3-7,9-10,15H,2,8,11-13H2,1H3,(H,20,23)/t15-/m1/s1. The fraction of sp³-hybridized carbons (Fsp3) is 0.389. The van der Waals surface area contributed by atoms with Crippen LogP contribution in [0.25, 0.3) is 5.69 Å². The molecule has 8 nitrogen and oxygen atoms in total. The Morgan fingerprint density at radius 1 is 1.30 bits per heavy atom. The lowest BCUT2D eigenvalue weighted by Gasteiger charge is -2.21. The molecule has 1 aromatic carbocycles. The van der Waals surface area contributed by atoms with Crippen LogP contribution in [-0.2, 0) is 14.6 Å². The fourth-order valence-electron chi connectivity index (χ4n) is 3.04. The molecule has 144 valence electrons. The average Bonchev–Trinajstić information content (AvgIpc) is 3.29. The highest BCUT2D eigenvalue weighted by molar-refractivity contribution is 7.91. The Balaban J connectivity index is 1.61. The predicted octanol–water partition coefficient (Wildman–Crippen LogP) is 0.638. The minimum absolute atomic E-state index is 0.0340. The molecule has 0 aliphatic carbocycles. The molecule has 9 heteroatoms. The lowest BCUT2D eigenvalue weighted by molar-refractivity contribution is -0.122. The molecule has 0 saturated carbocycles. The van der Waals surface area contributed by atoms with Gasteiger partial charge in [-0.15, -0.1) is 0 Å². The van der Waals surface area contributed by atoms with E-state index in [1.165, 1.54) is 4.90 Å². The first-order chi connectivity index (χ1) is 12.9. The van der Waals surface area contributed by atoms with E-state index in [2.05, 4.69) is 10.4 Å². The summed E-state index contributed by atoms with van der Waals surface area (Å²) in [5.41, 5.74) is 1.31. The Hall–Kier alpha value is -2.68. The molecule has 1 aromatic heterocycles. The van der Waals surface area contributed by atoms with Crippen molar-refractivity contribution >= 4 is 21.7 Å². The van der Waals surface area contributed by atoms with Crippen molar-refractivity contribution in [3.05, 3.63) is 48.3 Å². The number of hydrogen-bond donors (Lipinski definition) is 1. The number of aromatic nitrogens is 2. The van der Waals surface area contributed by atoms with Gasteiger partial charge < -0.3 is 10.2 Å². The van der Waals surface area contributed by atoms with Gasteiger partial charge in [-0.05, 0) is 43.7 Å². The maximum absolute atomic E-state index is 12.7. The molecule has 0 bridgehead atoms. The number of benzene rings is 1. The van der Waals surface area contributed by atoms with Crippen molar-refractivity contribution in [1.82, 2.24) is 20.0 Å². The highest BCUT2D eigenvalue weighted by Gasteiger charge is 2.29. The summed E-state index contributed by atoms with van der Waals surface area (Å²) in [7, 11) is -3.06. The largest absolute Gasteiger partial charge is 0.351 e. The van der Waals surface area contributed by atoms with Crippen LogP contribution in [0.3, 0.4) is 0 Å². The van der Waals surface area contributed by atoms with Gasteiger partial charge in [0.05, 0.1) is 23.7 Å². The first-order valence-electron chi connectivity index (χ1n) is 8.77. The van der Waals surface area contributed by atoms with Crippen LogP contribution in [0.1, 0.15) is 23.7 Å².